The van der Waals surface area contributed by atoms with E-state index >= 15 is 0 Å². The van der Waals surface area contributed by atoms with Gasteiger partial charge in [0.25, 0.3) is 0 Å². The van der Waals surface area contributed by atoms with E-state index in [9.17, 15) is 0 Å². The van der Waals surface area contributed by atoms with Gasteiger partial charge in [-0.2, -0.15) is 0 Å². The lowest BCUT2D eigenvalue weighted by molar-refractivity contribution is 0.0889. The average molecular weight is 259 g/mol. The average Bonchev–Trinajstić information content (AvgIpc) is 1.88. The minimum absolute atomic E-state index is 0.136. The van der Waals surface area contributed by atoms with Crippen molar-refractivity contribution in [1.82, 2.24) is 5.32 Å². The molecular formula is C6H14INO2. The molecule has 0 rings (SSSR count). The molecule has 2 atom stereocenters. The van der Waals surface area contributed by atoms with Gasteiger partial charge in [0.15, 0.2) is 0 Å². The van der Waals surface area contributed by atoms with Gasteiger partial charge in [-0.05, 0) is 13.5 Å². The molecule has 4 heteroatoms. The summed E-state index contributed by atoms with van der Waals surface area (Å²) in [6.07, 6.45) is 0.0907. The highest BCUT2D eigenvalue weighted by atomic mass is 127. The molecule has 62 valence electrons. The van der Waals surface area contributed by atoms with Crippen molar-refractivity contribution in [2.45, 2.75) is 16.4 Å². The van der Waals surface area contributed by atoms with Gasteiger partial charge in [0.1, 0.15) is 0 Å². The maximum absolute atomic E-state index is 8.97. The van der Waals surface area contributed by atoms with Gasteiger partial charge >= 0.3 is 0 Å². The third kappa shape index (κ3) is 5.40. The summed E-state index contributed by atoms with van der Waals surface area (Å²) in [6, 6.07) is 0. The Labute approximate surface area is 75.0 Å². The highest BCUT2D eigenvalue weighted by Gasteiger charge is 2.08. The standard InChI is InChI=1S/C6H14INO2/c1-8-3-5(7)2-6(10)4-9/h5-6,8-10H,2-4H2,1H3. The second-order valence-corrected chi connectivity index (χ2v) is 3.99. The van der Waals surface area contributed by atoms with Gasteiger partial charge in [-0.25, -0.2) is 0 Å². The molecular weight excluding hydrogens is 245 g/mol. The molecule has 0 aliphatic rings. The fourth-order valence-electron chi connectivity index (χ4n) is 0.675. The van der Waals surface area contributed by atoms with E-state index < -0.39 is 6.10 Å². The van der Waals surface area contributed by atoms with Crippen molar-refractivity contribution >= 4 is 22.6 Å². The quantitative estimate of drug-likeness (QED) is 0.471. The van der Waals surface area contributed by atoms with E-state index in [2.05, 4.69) is 27.9 Å². The predicted molar refractivity (Wildman–Crippen MR) is 49.4 cm³/mol. The molecule has 3 nitrogen and oxygen atoms in total. The summed E-state index contributed by atoms with van der Waals surface area (Å²) in [5.74, 6) is 0. The lowest BCUT2D eigenvalue weighted by Crippen LogP contribution is -2.24. The SMILES string of the molecule is CNCC(I)CC(O)CO. The number of alkyl halides is 1. The van der Waals surface area contributed by atoms with Crippen LogP contribution in [0.25, 0.3) is 0 Å². The Hall–Kier alpha value is 0.610. The fraction of sp³-hybridized carbons (Fsp3) is 1.00. The summed E-state index contributed by atoms with van der Waals surface area (Å²) in [6.45, 7) is 0.737. The van der Waals surface area contributed by atoms with Crippen LogP contribution in [-0.4, -0.2) is 40.4 Å². The minimum atomic E-state index is -0.560. The van der Waals surface area contributed by atoms with Gasteiger partial charge in [-0.1, -0.05) is 22.6 Å². The normalized spacial score (nSPS) is 16.8. The van der Waals surface area contributed by atoms with E-state index in [1.54, 1.807) is 0 Å². The zero-order valence-corrected chi connectivity index (χ0v) is 8.21. The highest BCUT2D eigenvalue weighted by Crippen LogP contribution is 2.07. The first-order valence-corrected chi connectivity index (χ1v) is 4.52. The monoisotopic (exact) mass is 259 g/mol. The minimum Gasteiger partial charge on any atom is -0.394 e. The number of aliphatic hydroxyl groups is 2. The molecule has 0 saturated heterocycles. The molecule has 0 aliphatic heterocycles. The number of hydrogen-bond acceptors (Lipinski definition) is 3. The molecule has 0 aromatic rings. The van der Waals surface area contributed by atoms with Crippen LogP contribution in [0.3, 0.4) is 0 Å². The van der Waals surface area contributed by atoms with E-state index in [0.717, 1.165) is 6.54 Å². The fourth-order valence-corrected chi connectivity index (χ4v) is 1.70. The van der Waals surface area contributed by atoms with E-state index in [4.69, 9.17) is 10.2 Å². The smallest absolute Gasteiger partial charge is 0.0781 e. The molecule has 0 spiro atoms. The van der Waals surface area contributed by atoms with Crippen molar-refractivity contribution in [2.24, 2.45) is 0 Å². The molecule has 2 unspecified atom stereocenters. The van der Waals surface area contributed by atoms with Crippen LogP contribution < -0.4 is 5.32 Å². The molecule has 0 bridgehead atoms. The van der Waals surface area contributed by atoms with Crippen LogP contribution in [0.1, 0.15) is 6.42 Å². The molecule has 0 fully saturated rings. The Morgan fingerprint density at radius 1 is 1.60 bits per heavy atom. The number of rotatable bonds is 5. The van der Waals surface area contributed by atoms with Crippen molar-refractivity contribution < 1.29 is 10.2 Å². The molecule has 0 aromatic heterocycles. The van der Waals surface area contributed by atoms with Gasteiger partial charge in [-0.15, -0.1) is 0 Å². The second kappa shape index (κ2) is 6.33. The maximum Gasteiger partial charge on any atom is 0.0781 e. The summed E-state index contributed by atoms with van der Waals surface area (Å²) >= 11 is 2.25. The summed E-state index contributed by atoms with van der Waals surface area (Å²) in [5.41, 5.74) is 0. The van der Waals surface area contributed by atoms with Gasteiger partial charge in [-0.3, -0.25) is 0 Å². The Bertz CT molecular complexity index is 82.1. The molecule has 0 saturated carbocycles. The number of nitrogens with one attached hydrogen (secondary N) is 1. The summed E-state index contributed by atoms with van der Waals surface area (Å²) in [4.78, 5) is 0. The van der Waals surface area contributed by atoms with E-state index in [0.29, 0.717) is 10.3 Å². The number of aliphatic hydroxyl groups excluding tert-OH is 2. The van der Waals surface area contributed by atoms with E-state index in [1.807, 2.05) is 7.05 Å². The Balaban J connectivity index is 3.27. The Kier molecular flexibility index (Phi) is 6.71. The van der Waals surface area contributed by atoms with Crippen molar-refractivity contribution in [3.05, 3.63) is 0 Å². The number of hydrogen-bond donors (Lipinski definition) is 3. The van der Waals surface area contributed by atoms with Crippen LogP contribution in [0.15, 0.2) is 0 Å². The predicted octanol–water partition coefficient (Wildman–Crippen LogP) is -0.247. The lowest BCUT2D eigenvalue weighted by Gasteiger charge is -2.11. The maximum atomic E-state index is 8.97. The first-order valence-electron chi connectivity index (χ1n) is 3.28. The van der Waals surface area contributed by atoms with Crippen LogP contribution in [0.5, 0.6) is 0 Å². The first-order chi connectivity index (χ1) is 4.70. The molecule has 10 heavy (non-hydrogen) atoms. The zero-order chi connectivity index (χ0) is 7.98. The van der Waals surface area contributed by atoms with Crippen molar-refractivity contribution in [3.8, 4) is 0 Å². The van der Waals surface area contributed by atoms with E-state index in [1.165, 1.54) is 0 Å². The summed E-state index contributed by atoms with van der Waals surface area (Å²) in [7, 11) is 1.87. The topological polar surface area (TPSA) is 52.5 Å². The van der Waals surface area contributed by atoms with Gasteiger partial charge in [0.05, 0.1) is 12.7 Å². The van der Waals surface area contributed by atoms with Crippen LogP contribution in [0.4, 0.5) is 0 Å². The largest absolute Gasteiger partial charge is 0.394 e. The Morgan fingerprint density at radius 3 is 2.60 bits per heavy atom. The van der Waals surface area contributed by atoms with E-state index in [-0.39, 0.29) is 6.61 Å². The summed E-state index contributed by atoms with van der Waals surface area (Å²) < 4.78 is 0.393. The zero-order valence-electron chi connectivity index (χ0n) is 6.05. The van der Waals surface area contributed by atoms with Crippen molar-refractivity contribution in [3.63, 3.8) is 0 Å². The van der Waals surface area contributed by atoms with Crippen molar-refractivity contribution in [2.75, 3.05) is 20.2 Å². The third-order valence-electron chi connectivity index (χ3n) is 1.16. The highest BCUT2D eigenvalue weighted by molar-refractivity contribution is 14.1. The molecule has 0 radical (unpaired) electrons. The third-order valence-corrected chi connectivity index (χ3v) is 2.11. The van der Waals surface area contributed by atoms with Crippen LogP contribution in [-0.2, 0) is 0 Å². The van der Waals surface area contributed by atoms with Crippen LogP contribution >= 0.6 is 22.6 Å². The van der Waals surface area contributed by atoms with Crippen LogP contribution in [0, 0.1) is 0 Å². The van der Waals surface area contributed by atoms with Crippen LogP contribution in [0.2, 0.25) is 0 Å². The summed E-state index contributed by atoms with van der Waals surface area (Å²) in [5, 5.41) is 20.4. The molecule has 0 amide bonds. The van der Waals surface area contributed by atoms with Gasteiger partial charge in [0, 0.05) is 10.5 Å². The number of halogens is 1. The molecule has 3 N–H and O–H groups in total. The second-order valence-electron chi connectivity index (χ2n) is 2.23. The van der Waals surface area contributed by atoms with Gasteiger partial charge in [0.2, 0.25) is 0 Å². The lowest BCUT2D eigenvalue weighted by atomic mass is 10.2. The molecule has 0 aliphatic carbocycles. The molecule has 0 aromatic carbocycles. The van der Waals surface area contributed by atoms with Crippen molar-refractivity contribution in [1.29, 1.82) is 0 Å². The first kappa shape index (κ1) is 10.6. The Morgan fingerprint density at radius 2 is 2.20 bits per heavy atom. The molecule has 0 heterocycles. The van der Waals surface area contributed by atoms with Gasteiger partial charge < -0.3 is 15.5 Å².